The van der Waals surface area contributed by atoms with Crippen molar-refractivity contribution in [2.75, 3.05) is 6.54 Å². The maximum Gasteiger partial charge on any atom is 0.125 e. The number of para-hydroxylation sites is 1. The molecule has 0 saturated heterocycles. The van der Waals surface area contributed by atoms with E-state index < -0.39 is 0 Å². The number of nitrogens with two attached hydrogens (primary N) is 1. The van der Waals surface area contributed by atoms with E-state index in [1.54, 1.807) is 0 Å². The smallest absolute Gasteiger partial charge is 0.125 e. The van der Waals surface area contributed by atoms with E-state index in [0.717, 1.165) is 23.3 Å². The Bertz CT molecular complexity index is 501. The van der Waals surface area contributed by atoms with Crippen molar-refractivity contribution in [2.45, 2.75) is 18.3 Å². The average Bonchev–Trinajstić information content (AvgIpc) is 2.48. The number of hydrogen-bond donors (Lipinski definition) is 2. The lowest BCUT2D eigenvalue weighted by Crippen LogP contribution is -2.13. The van der Waals surface area contributed by atoms with Crippen LogP contribution in [-0.4, -0.2) is 6.54 Å². The summed E-state index contributed by atoms with van der Waals surface area (Å²) >= 11 is 4.34. The third-order valence-corrected chi connectivity index (χ3v) is 3.35. The van der Waals surface area contributed by atoms with Crippen LogP contribution in [0.25, 0.3) is 0 Å². The van der Waals surface area contributed by atoms with Gasteiger partial charge in [-0.15, -0.1) is 0 Å². The third-order valence-electron chi connectivity index (χ3n) is 3.01. The monoisotopic (exact) mass is 273 g/mol. The van der Waals surface area contributed by atoms with Crippen molar-refractivity contribution >= 4 is 12.6 Å². The van der Waals surface area contributed by atoms with Gasteiger partial charge in [0.15, 0.2) is 0 Å². The minimum atomic E-state index is -0.00719. The molecule has 0 saturated carbocycles. The van der Waals surface area contributed by atoms with Gasteiger partial charge >= 0.3 is 0 Å². The van der Waals surface area contributed by atoms with Crippen LogP contribution in [0.15, 0.2) is 54.6 Å². The normalized spacial score (nSPS) is 12.1. The summed E-state index contributed by atoms with van der Waals surface area (Å²) in [6.07, 6.45) is 0.789. The third kappa shape index (κ3) is 3.75. The highest BCUT2D eigenvalue weighted by Crippen LogP contribution is 2.28. The Kier molecular flexibility index (Phi) is 5.31. The molecule has 0 fully saturated rings. The summed E-state index contributed by atoms with van der Waals surface area (Å²) in [6, 6.07) is 18.2. The van der Waals surface area contributed by atoms with Gasteiger partial charge in [-0.25, -0.2) is 0 Å². The van der Waals surface area contributed by atoms with Crippen molar-refractivity contribution in [2.24, 2.45) is 5.73 Å². The molecule has 1 atom stereocenters. The Balaban J connectivity index is 2.21. The molecule has 0 aromatic heterocycles. The largest absolute Gasteiger partial charge is 0.485 e. The molecular weight excluding hydrogens is 254 g/mol. The van der Waals surface area contributed by atoms with Gasteiger partial charge in [0, 0.05) is 17.7 Å². The molecule has 0 amide bonds. The number of benzene rings is 2. The molecule has 2 rings (SSSR count). The zero-order valence-electron chi connectivity index (χ0n) is 10.8. The molecule has 0 spiro atoms. The van der Waals surface area contributed by atoms with Crippen LogP contribution in [0.4, 0.5) is 0 Å². The van der Waals surface area contributed by atoms with Crippen molar-refractivity contribution in [1.29, 1.82) is 0 Å². The predicted octanol–water partition coefficient (Wildman–Crippen LogP) is 3.59. The molecule has 2 nitrogen and oxygen atoms in total. The summed E-state index contributed by atoms with van der Waals surface area (Å²) in [4.78, 5) is 0. The lowest BCUT2D eigenvalue weighted by atomic mass is 10.1. The van der Waals surface area contributed by atoms with Crippen molar-refractivity contribution in [3.05, 3.63) is 65.7 Å². The summed E-state index contributed by atoms with van der Waals surface area (Å²) in [5, 5.41) is 0. The molecule has 0 aliphatic carbocycles. The molecule has 100 valence electrons. The molecule has 2 aromatic rings. The maximum absolute atomic E-state index is 6.13. The molecule has 19 heavy (non-hydrogen) atoms. The SMILES string of the molecule is NCCC(Oc1ccccc1CS)c1ccccc1. The summed E-state index contributed by atoms with van der Waals surface area (Å²) in [7, 11) is 0. The van der Waals surface area contributed by atoms with Crippen LogP contribution >= 0.6 is 12.6 Å². The fraction of sp³-hybridized carbons (Fsp3) is 0.250. The summed E-state index contributed by atoms with van der Waals surface area (Å²) in [5.74, 6) is 1.56. The van der Waals surface area contributed by atoms with Crippen LogP contribution < -0.4 is 10.5 Å². The molecule has 0 aliphatic heterocycles. The molecule has 3 heteroatoms. The van der Waals surface area contributed by atoms with E-state index in [2.05, 4.69) is 24.8 Å². The van der Waals surface area contributed by atoms with Crippen molar-refractivity contribution in [1.82, 2.24) is 0 Å². The topological polar surface area (TPSA) is 35.2 Å². The fourth-order valence-corrected chi connectivity index (χ4v) is 2.28. The summed E-state index contributed by atoms with van der Waals surface area (Å²) < 4.78 is 6.13. The van der Waals surface area contributed by atoms with Gasteiger partial charge in [0.05, 0.1) is 0 Å². The van der Waals surface area contributed by atoms with E-state index in [4.69, 9.17) is 10.5 Å². The first kappa shape index (κ1) is 14.0. The zero-order chi connectivity index (χ0) is 13.5. The van der Waals surface area contributed by atoms with E-state index >= 15 is 0 Å². The minimum absolute atomic E-state index is 0.00719. The van der Waals surface area contributed by atoms with Gasteiger partial charge in [-0.3, -0.25) is 0 Å². The Hall–Kier alpha value is -1.45. The number of thiol groups is 1. The molecule has 0 radical (unpaired) electrons. The van der Waals surface area contributed by atoms with Gasteiger partial charge in [-0.1, -0.05) is 48.5 Å². The van der Waals surface area contributed by atoms with Crippen molar-refractivity contribution < 1.29 is 4.74 Å². The highest BCUT2D eigenvalue weighted by atomic mass is 32.1. The lowest BCUT2D eigenvalue weighted by molar-refractivity contribution is 0.196. The van der Waals surface area contributed by atoms with Gasteiger partial charge in [0.2, 0.25) is 0 Å². The van der Waals surface area contributed by atoms with Crippen molar-refractivity contribution in [3.63, 3.8) is 0 Å². The van der Waals surface area contributed by atoms with Crippen LogP contribution in [0, 0.1) is 0 Å². The highest BCUT2D eigenvalue weighted by Gasteiger charge is 2.13. The zero-order valence-corrected chi connectivity index (χ0v) is 11.7. The average molecular weight is 273 g/mol. The van der Waals surface area contributed by atoms with Gasteiger partial charge < -0.3 is 10.5 Å². The van der Waals surface area contributed by atoms with Gasteiger partial charge in [0.1, 0.15) is 11.9 Å². The highest BCUT2D eigenvalue weighted by molar-refractivity contribution is 7.79. The number of rotatable bonds is 6. The first-order valence-corrected chi connectivity index (χ1v) is 7.09. The van der Waals surface area contributed by atoms with E-state index in [-0.39, 0.29) is 6.10 Å². The Labute approximate surface area is 120 Å². The van der Waals surface area contributed by atoms with Crippen LogP contribution in [0.2, 0.25) is 0 Å². The Morgan fingerprint density at radius 1 is 1.00 bits per heavy atom. The lowest BCUT2D eigenvalue weighted by Gasteiger charge is -2.20. The summed E-state index contributed by atoms with van der Waals surface area (Å²) in [6.45, 7) is 0.600. The minimum Gasteiger partial charge on any atom is -0.485 e. The van der Waals surface area contributed by atoms with Crippen molar-refractivity contribution in [3.8, 4) is 5.75 Å². The predicted molar refractivity (Wildman–Crippen MR) is 82.6 cm³/mol. The van der Waals surface area contributed by atoms with E-state index in [1.165, 1.54) is 0 Å². The second-order valence-corrected chi connectivity index (χ2v) is 4.68. The van der Waals surface area contributed by atoms with E-state index in [1.807, 2.05) is 42.5 Å². The van der Waals surface area contributed by atoms with Crippen LogP contribution in [-0.2, 0) is 5.75 Å². The quantitative estimate of drug-likeness (QED) is 0.789. The molecule has 2 N–H and O–H groups in total. The van der Waals surface area contributed by atoms with E-state index in [9.17, 15) is 0 Å². The molecule has 0 bridgehead atoms. The first-order valence-electron chi connectivity index (χ1n) is 6.45. The number of hydrogen-bond acceptors (Lipinski definition) is 3. The fourth-order valence-electron chi connectivity index (χ4n) is 2.02. The standard InChI is InChI=1S/C16H19NOS/c17-11-10-16(13-6-2-1-3-7-13)18-15-9-5-4-8-14(15)12-19/h1-9,16,19H,10-12,17H2. The van der Waals surface area contributed by atoms with Gasteiger partial charge in [-0.2, -0.15) is 12.6 Å². The van der Waals surface area contributed by atoms with Gasteiger partial charge in [0.25, 0.3) is 0 Å². The Morgan fingerprint density at radius 2 is 1.68 bits per heavy atom. The van der Waals surface area contributed by atoms with Gasteiger partial charge in [-0.05, 0) is 18.2 Å². The molecule has 2 aromatic carbocycles. The number of ether oxygens (including phenoxy) is 1. The van der Waals surface area contributed by atoms with Crippen LogP contribution in [0.5, 0.6) is 5.75 Å². The molecule has 0 aliphatic rings. The maximum atomic E-state index is 6.13. The second kappa shape index (κ2) is 7.22. The second-order valence-electron chi connectivity index (χ2n) is 4.36. The van der Waals surface area contributed by atoms with Crippen LogP contribution in [0.3, 0.4) is 0 Å². The first-order chi connectivity index (χ1) is 9.35. The Morgan fingerprint density at radius 3 is 2.37 bits per heavy atom. The van der Waals surface area contributed by atoms with E-state index in [0.29, 0.717) is 12.3 Å². The van der Waals surface area contributed by atoms with Crippen LogP contribution in [0.1, 0.15) is 23.7 Å². The summed E-state index contributed by atoms with van der Waals surface area (Å²) in [5.41, 5.74) is 7.95. The molecular formula is C16H19NOS. The molecule has 1 unspecified atom stereocenters. The molecule has 0 heterocycles.